The summed E-state index contributed by atoms with van der Waals surface area (Å²) < 4.78 is 0. The summed E-state index contributed by atoms with van der Waals surface area (Å²) >= 11 is 7.56. The lowest BCUT2D eigenvalue weighted by Crippen LogP contribution is -1.85. The van der Waals surface area contributed by atoms with Gasteiger partial charge in [-0.25, -0.2) is 4.98 Å². The molecule has 0 fully saturated rings. The summed E-state index contributed by atoms with van der Waals surface area (Å²) in [6.07, 6.45) is 0. The van der Waals surface area contributed by atoms with Gasteiger partial charge in [0.25, 0.3) is 0 Å². The highest BCUT2D eigenvalue weighted by Gasteiger charge is 2.08. The van der Waals surface area contributed by atoms with Crippen molar-refractivity contribution in [2.24, 2.45) is 0 Å². The molecule has 1 heterocycles. The van der Waals surface area contributed by atoms with Gasteiger partial charge in [0.05, 0.1) is 5.69 Å². The van der Waals surface area contributed by atoms with Gasteiger partial charge in [0.1, 0.15) is 0 Å². The predicted octanol–water partition coefficient (Wildman–Crippen LogP) is 3.66. The van der Waals surface area contributed by atoms with Crippen LogP contribution in [0.1, 0.15) is 10.4 Å². The van der Waals surface area contributed by atoms with E-state index in [-0.39, 0.29) is 0 Å². The molecule has 2 nitrogen and oxygen atoms in total. The Morgan fingerprint density at radius 2 is 2.07 bits per heavy atom. The number of hydrogen-bond acceptors (Lipinski definition) is 3. The molecule has 2 N–H and O–H groups in total. The topological polar surface area (TPSA) is 38.9 Å². The summed E-state index contributed by atoms with van der Waals surface area (Å²) in [7, 11) is 0. The van der Waals surface area contributed by atoms with Gasteiger partial charge in [-0.2, -0.15) is 0 Å². The Morgan fingerprint density at radius 3 is 2.60 bits per heavy atom. The maximum Gasteiger partial charge on any atom is 0.180 e. The van der Waals surface area contributed by atoms with E-state index in [9.17, 15) is 0 Å². The van der Waals surface area contributed by atoms with Crippen molar-refractivity contribution in [1.82, 2.24) is 4.98 Å². The predicted molar refractivity (Wildman–Crippen MR) is 66.4 cm³/mol. The second-order valence-corrected chi connectivity index (χ2v) is 5.06. The molecule has 0 aliphatic carbocycles. The van der Waals surface area contributed by atoms with Crippen LogP contribution in [0.5, 0.6) is 0 Å². The third-order valence-corrected chi connectivity index (χ3v) is 3.47. The minimum absolute atomic E-state index is 0.596. The zero-order valence-corrected chi connectivity index (χ0v) is 10.1. The summed E-state index contributed by atoms with van der Waals surface area (Å²) in [6, 6.07) is 5.94. The van der Waals surface area contributed by atoms with Gasteiger partial charge < -0.3 is 5.73 Å². The summed E-state index contributed by atoms with van der Waals surface area (Å²) in [4.78, 5) is 5.41. The minimum Gasteiger partial charge on any atom is -0.375 e. The van der Waals surface area contributed by atoms with Crippen molar-refractivity contribution in [2.45, 2.75) is 13.8 Å². The van der Waals surface area contributed by atoms with Crippen molar-refractivity contribution in [1.29, 1.82) is 0 Å². The van der Waals surface area contributed by atoms with Crippen molar-refractivity contribution in [3.05, 3.63) is 33.7 Å². The molecule has 0 radical (unpaired) electrons. The van der Waals surface area contributed by atoms with Gasteiger partial charge in [-0.1, -0.05) is 23.7 Å². The average Bonchev–Trinajstić information content (AvgIpc) is 2.50. The van der Waals surface area contributed by atoms with Crippen LogP contribution in [0, 0.1) is 13.8 Å². The third-order valence-electron chi connectivity index (χ3n) is 2.26. The van der Waals surface area contributed by atoms with Crippen molar-refractivity contribution >= 4 is 28.1 Å². The van der Waals surface area contributed by atoms with Crippen LogP contribution in [0.2, 0.25) is 5.02 Å². The van der Waals surface area contributed by atoms with Crippen LogP contribution in [0.15, 0.2) is 18.2 Å². The Balaban J connectivity index is 2.54. The molecular weight excluding hydrogens is 228 g/mol. The third kappa shape index (κ3) is 1.98. The van der Waals surface area contributed by atoms with E-state index in [4.69, 9.17) is 17.3 Å². The van der Waals surface area contributed by atoms with E-state index in [1.165, 1.54) is 11.3 Å². The molecule has 4 heteroatoms. The monoisotopic (exact) mass is 238 g/mol. The van der Waals surface area contributed by atoms with E-state index < -0.39 is 0 Å². The molecule has 0 saturated heterocycles. The lowest BCUT2D eigenvalue weighted by Gasteiger charge is -2.01. The molecule has 0 bridgehead atoms. The van der Waals surface area contributed by atoms with Crippen LogP contribution in [0.3, 0.4) is 0 Å². The molecule has 2 aromatic rings. The first kappa shape index (κ1) is 10.5. The molecule has 0 unspecified atom stereocenters. The molecule has 0 amide bonds. The quantitative estimate of drug-likeness (QED) is 0.824. The zero-order chi connectivity index (χ0) is 11.0. The van der Waals surface area contributed by atoms with E-state index in [2.05, 4.69) is 4.98 Å². The molecule has 0 spiro atoms. The van der Waals surface area contributed by atoms with Gasteiger partial charge in [0.15, 0.2) is 5.13 Å². The van der Waals surface area contributed by atoms with E-state index in [1.807, 2.05) is 32.0 Å². The molecule has 2 rings (SSSR count). The van der Waals surface area contributed by atoms with Crippen LogP contribution in [0.25, 0.3) is 11.3 Å². The standard InChI is InChI=1S/C11H11ClN2S/c1-6-3-4-8(5-9(6)12)10-7(2)15-11(13)14-10/h3-5H,1-2H3,(H2,13,14). The number of nitrogens with two attached hydrogens (primary N) is 1. The zero-order valence-electron chi connectivity index (χ0n) is 8.54. The van der Waals surface area contributed by atoms with Gasteiger partial charge in [-0.3, -0.25) is 0 Å². The highest BCUT2D eigenvalue weighted by molar-refractivity contribution is 7.15. The van der Waals surface area contributed by atoms with E-state index >= 15 is 0 Å². The molecule has 0 saturated carbocycles. The number of nitrogens with zero attached hydrogens (tertiary/aromatic N) is 1. The molecule has 0 aliphatic rings. The summed E-state index contributed by atoms with van der Waals surface area (Å²) in [5.74, 6) is 0. The number of thiazole rings is 1. The smallest absolute Gasteiger partial charge is 0.180 e. The van der Waals surface area contributed by atoms with Crippen LogP contribution in [-0.2, 0) is 0 Å². The number of anilines is 1. The van der Waals surface area contributed by atoms with E-state index in [0.717, 1.165) is 26.7 Å². The summed E-state index contributed by atoms with van der Waals surface area (Å²) in [6.45, 7) is 3.99. The fourth-order valence-electron chi connectivity index (χ4n) is 1.42. The molecular formula is C11H11ClN2S. The molecule has 0 atom stereocenters. The van der Waals surface area contributed by atoms with E-state index in [1.54, 1.807) is 0 Å². The maximum atomic E-state index is 6.07. The number of halogens is 1. The summed E-state index contributed by atoms with van der Waals surface area (Å²) in [5, 5.41) is 1.36. The van der Waals surface area contributed by atoms with E-state index in [0.29, 0.717) is 5.13 Å². The Kier molecular flexibility index (Phi) is 2.67. The first-order valence-corrected chi connectivity index (χ1v) is 5.77. The number of nitrogen functional groups attached to an aromatic ring is 1. The van der Waals surface area contributed by atoms with Crippen LogP contribution < -0.4 is 5.73 Å². The van der Waals surface area contributed by atoms with Crippen molar-refractivity contribution < 1.29 is 0 Å². The largest absolute Gasteiger partial charge is 0.375 e. The number of hydrogen-bond donors (Lipinski definition) is 1. The minimum atomic E-state index is 0.596. The SMILES string of the molecule is Cc1ccc(-c2nc(N)sc2C)cc1Cl. The Morgan fingerprint density at radius 1 is 1.33 bits per heavy atom. The number of aryl methyl sites for hydroxylation is 2. The van der Waals surface area contributed by atoms with Gasteiger partial charge >= 0.3 is 0 Å². The Hall–Kier alpha value is -1.06. The second kappa shape index (κ2) is 3.83. The van der Waals surface area contributed by atoms with Crippen molar-refractivity contribution in [2.75, 3.05) is 5.73 Å². The van der Waals surface area contributed by atoms with Gasteiger partial charge in [-0.05, 0) is 25.5 Å². The van der Waals surface area contributed by atoms with Crippen LogP contribution in [-0.4, -0.2) is 4.98 Å². The average molecular weight is 239 g/mol. The first-order valence-electron chi connectivity index (χ1n) is 4.57. The molecule has 0 aliphatic heterocycles. The molecule has 15 heavy (non-hydrogen) atoms. The second-order valence-electron chi connectivity index (χ2n) is 3.42. The fraction of sp³-hybridized carbons (Fsp3) is 0.182. The Bertz CT molecular complexity index is 505. The maximum absolute atomic E-state index is 6.07. The number of aromatic nitrogens is 1. The number of benzene rings is 1. The summed E-state index contributed by atoms with van der Waals surface area (Å²) in [5.41, 5.74) is 8.68. The van der Waals surface area contributed by atoms with Gasteiger partial charge in [0.2, 0.25) is 0 Å². The van der Waals surface area contributed by atoms with Gasteiger partial charge in [0, 0.05) is 15.5 Å². The molecule has 1 aromatic heterocycles. The van der Waals surface area contributed by atoms with Crippen LogP contribution in [0.4, 0.5) is 5.13 Å². The normalized spacial score (nSPS) is 10.6. The Labute approximate surface area is 97.7 Å². The fourth-order valence-corrected chi connectivity index (χ4v) is 2.32. The highest BCUT2D eigenvalue weighted by atomic mass is 35.5. The van der Waals surface area contributed by atoms with Gasteiger partial charge in [-0.15, -0.1) is 11.3 Å². The molecule has 1 aromatic carbocycles. The highest BCUT2D eigenvalue weighted by Crippen LogP contribution is 2.31. The number of rotatable bonds is 1. The van der Waals surface area contributed by atoms with Crippen LogP contribution >= 0.6 is 22.9 Å². The molecule has 78 valence electrons. The lowest BCUT2D eigenvalue weighted by molar-refractivity contribution is 1.37. The van der Waals surface area contributed by atoms with Crippen molar-refractivity contribution in [3.63, 3.8) is 0 Å². The lowest BCUT2D eigenvalue weighted by atomic mass is 10.1. The first-order chi connectivity index (χ1) is 7.08. The van der Waals surface area contributed by atoms with Crippen molar-refractivity contribution in [3.8, 4) is 11.3 Å².